The molecule has 0 radical (unpaired) electrons. The molecule has 1 aromatic rings. The molecule has 4 N–H and O–H groups in total. The van der Waals surface area contributed by atoms with Crippen LogP contribution in [0.2, 0.25) is 0 Å². The largest absolute Gasteiger partial charge is 0.382 e. The van der Waals surface area contributed by atoms with Crippen molar-refractivity contribution in [2.45, 2.75) is 44.2 Å². The number of hydrogen-bond donors (Lipinski definition) is 3. The Balaban J connectivity index is 3.02. The summed E-state index contributed by atoms with van der Waals surface area (Å²) in [6.45, 7) is 7.82. The van der Waals surface area contributed by atoms with Gasteiger partial charge in [0.05, 0.1) is 5.69 Å². The molecule has 0 amide bonds. The standard InChI is InChI=1S/C13H23N3O2S/c1-10(2)16-19(17,18)12-8-6-5-7-11(12)15-9-13(3,4)14/h5-8,10,15-16H,9,14H2,1-4H3. The average Bonchev–Trinajstić information content (AvgIpc) is 2.24. The Labute approximate surface area is 115 Å². The lowest BCUT2D eigenvalue weighted by atomic mass is 10.1. The lowest BCUT2D eigenvalue weighted by molar-refractivity contribution is 0.547. The quantitative estimate of drug-likeness (QED) is 0.740. The molecule has 0 saturated carbocycles. The highest BCUT2D eigenvalue weighted by molar-refractivity contribution is 7.89. The van der Waals surface area contributed by atoms with Crippen LogP contribution in [0, 0.1) is 0 Å². The molecule has 19 heavy (non-hydrogen) atoms. The number of hydrogen-bond acceptors (Lipinski definition) is 4. The summed E-state index contributed by atoms with van der Waals surface area (Å²) < 4.78 is 27.0. The molecule has 5 nitrogen and oxygen atoms in total. The van der Waals surface area contributed by atoms with Crippen molar-refractivity contribution in [3.05, 3.63) is 24.3 Å². The summed E-state index contributed by atoms with van der Waals surface area (Å²) in [5.41, 5.74) is 6.05. The topological polar surface area (TPSA) is 84.2 Å². The molecule has 0 fully saturated rings. The van der Waals surface area contributed by atoms with Gasteiger partial charge in [-0.1, -0.05) is 12.1 Å². The first-order valence-electron chi connectivity index (χ1n) is 6.26. The van der Waals surface area contributed by atoms with Crippen LogP contribution in [0.3, 0.4) is 0 Å². The number of benzene rings is 1. The Kier molecular flexibility index (Phi) is 4.95. The Bertz CT molecular complexity index is 519. The zero-order valence-electron chi connectivity index (χ0n) is 11.9. The smallest absolute Gasteiger partial charge is 0.242 e. The fourth-order valence-corrected chi connectivity index (χ4v) is 2.98. The molecule has 0 aliphatic heterocycles. The van der Waals surface area contributed by atoms with Gasteiger partial charge in [-0.3, -0.25) is 0 Å². The molecular formula is C13H23N3O2S. The molecule has 0 aliphatic rings. The molecule has 0 spiro atoms. The molecule has 1 aromatic carbocycles. The second-order valence-electron chi connectivity index (χ2n) is 5.61. The van der Waals surface area contributed by atoms with Crippen molar-refractivity contribution >= 4 is 15.7 Å². The highest BCUT2D eigenvalue weighted by atomic mass is 32.2. The maximum atomic E-state index is 12.2. The van der Waals surface area contributed by atoms with Gasteiger partial charge in [-0.05, 0) is 39.8 Å². The van der Waals surface area contributed by atoms with Crippen LogP contribution in [-0.4, -0.2) is 26.5 Å². The second kappa shape index (κ2) is 5.90. The summed E-state index contributed by atoms with van der Waals surface area (Å²) in [5, 5.41) is 3.09. The normalized spacial score (nSPS) is 12.7. The molecule has 0 saturated heterocycles. The average molecular weight is 285 g/mol. The molecule has 0 heterocycles. The summed E-state index contributed by atoms with van der Waals surface area (Å²) >= 11 is 0. The van der Waals surface area contributed by atoms with Gasteiger partial charge in [-0.2, -0.15) is 0 Å². The van der Waals surface area contributed by atoms with Crippen LogP contribution in [0.25, 0.3) is 0 Å². The van der Waals surface area contributed by atoms with E-state index in [-0.39, 0.29) is 10.9 Å². The lowest BCUT2D eigenvalue weighted by Gasteiger charge is -2.21. The van der Waals surface area contributed by atoms with Crippen molar-refractivity contribution in [1.29, 1.82) is 0 Å². The summed E-state index contributed by atoms with van der Waals surface area (Å²) in [5.74, 6) is 0. The van der Waals surface area contributed by atoms with Crippen LogP contribution in [0.1, 0.15) is 27.7 Å². The number of anilines is 1. The van der Waals surface area contributed by atoms with E-state index in [1.54, 1.807) is 38.1 Å². The molecule has 1 rings (SSSR count). The third kappa shape index (κ3) is 5.18. The zero-order chi connectivity index (χ0) is 14.7. The summed E-state index contributed by atoms with van der Waals surface area (Å²) in [4.78, 5) is 0.243. The van der Waals surface area contributed by atoms with Crippen LogP contribution >= 0.6 is 0 Å². The zero-order valence-corrected chi connectivity index (χ0v) is 12.7. The van der Waals surface area contributed by atoms with Gasteiger partial charge in [0.25, 0.3) is 0 Å². The summed E-state index contributed by atoms with van der Waals surface area (Å²) in [6, 6.07) is 6.66. The predicted octanol–water partition coefficient (Wildman–Crippen LogP) is 1.52. The molecule has 0 unspecified atom stereocenters. The van der Waals surface area contributed by atoms with Crippen molar-refractivity contribution in [2.75, 3.05) is 11.9 Å². The maximum absolute atomic E-state index is 12.2. The number of sulfonamides is 1. The van der Waals surface area contributed by atoms with Gasteiger partial charge in [0, 0.05) is 18.1 Å². The Morgan fingerprint density at radius 3 is 2.37 bits per heavy atom. The maximum Gasteiger partial charge on any atom is 0.242 e. The number of para-hydroxylation sites is 1. The third-order valence-electron chi connectivity index (χ3n) is 2.30. The van der Waals surface area contributed by atoms with Crippen molar-refractivity contribution in [2.24, 2.45) is 5.73 Å². The monoisotopic (exact) mass is 285 g/mol. The SMILES string of the molecule is CC(C)NS(=O)(=O)c1ccccc1NCC(C)(C)N. The van der Waals surface area contributed by atoms with Crippen molar-refractivity contribution in [3.8, 4) is 0 Å². The van der Waals surface area contributed by atoms with Gasteiger partial charge >= 0.3 is 0 Å². The van der Waals surface area contributed by atoms with E-state index in [1.165, 1.54) is 0 Å². The Morgan fingerprint density at radius 1 is 1.26 bits per heavy atom. The van der Waals surface area contributed by atoms with E-state index in [9.17, 15) is 8.42 Å². The first kappa shape index (κ1) is 15.9. The minimum Gasteiger partial charge on any atom is -0.382 e. The summed E-state index contributed by atoms with van der Waals surface area (Å²) in [7, 11) is -3.51. The molecule has 6 heteroatoms. The van der Waals surface area contributed by atoms with E-state index in [0.29, 0.717) is 12.2 Å². The Morgan fingerprint density at radius 2 is 1.84 bits per heavy atom. The van der Waals surface area contributed by atoms with E-state index in [1.807, 2.05) is 13.8 Å². The number of nitrogens with one attached hydrogen (secondary N) is 2. The van der Waals surface area contributed by atoms with Gasteiger partial charge in [0.2, 0.25) is 10.0 Å². The lowest BCUT2D eigenvalue weighted by Crippen LogP contribution is -2.40. The van der Waals surface area contributed by atoms with E-state index < -0.39 is 15.6 Å². The molecule has 0 aliphatic carbocycles. The van der Waals surface area contributed by atoms with Crippen molar-refractivity contribution < 1.29 is 8.42 Å². The second-order valence-corrected chi connectivity index (χ2v) is 7.30. The van der Waals surface area contributed by atoms with Crippen LogP contribution in [0.15, 0.2) is 29.2 Å². The highest BCUT2D eigenvalue weighted by Gasteiger charge is 2.20. The van der Waals surface area contributed by atoms with E-state index in [2.05, 4.69) is 10.0 Å². The molecule has 108 valence electrons. The van der Waals surface area contributed by atoms with Crippen molar-refractivity contribution in [3.63, 3.8) is 0 Å². The molecule has 0 atom stereocenters. The van der Waals surface area contributed by atoms with Crippen LogP contribution in [0.4, 0.5) is 5.69 Å². The third-order valence-corrected chi connectivity index (χ3v) is 4.02. The highest BCUT2D eigenvalue weighted by Crippen LogP contribution is 2.21. The van der Waals surface area contributed by atoms with E-state index in [4.69, 9.17) is 5.73 Å². The minimum absolute atomic E-state index is 0.149. The van der Waals surface area contributed by atoms with Crippen LogP contribution in [-0.2, 0) is 10.0 Å². The number of rotatable bonds is 6. The van der Waals surface area contributed by atoms with Gasteiger partial charge in [0.1, 0.15) is 4.90 Å². The van der Waals surface area contributed by atoms with Gasteiger partial charge in [-0.15, -0.1) is 0 Å². The molecule has 0 bridgehead atoms. The Hall–Kier alpha value is -1.11. The van der Waals surface area contributed by atoms with E-state index >= 15 is 0 Å². The van der Waals surface area contributed by atoms with Crippen LogP contribution < -0.4 is 15.8 Å². The first-order valence-corrected chi connectivity index (χ1v) is 7.74. The molecular weight excluding hydrogens is 262 g/mol. The van der Waals surface area contributed by atoms with Gasteiger partial charge in [-0.25, -0.2) is 13.1 Å². The fourth-order valence-electron chi connectivity index (χ4n) is 1.54. The van der Waals surface area contributed by atoms with Crippen molar-refractivity contribution in [1.82, 2.24) is 4.72 Å². The fraction of sp³-hybridized carbons (Fsp3) is 0.538. The molecule has 0 aromatic heterocycles. The predicted molar refractivity (Wildman–Crippen MR) is 78.7 cm³/mol. The van der Waals surface area contributed by atoms with Crippen LogP contribution in [0.5, 0.6) is 0 Å². The first-order chi connectivity index (χ1) is 8.62. The van der Waals surface area contributed by atoms with Gasteiger partial charge < -0.3 is 11.1 Å². The summed E-state index contributed by atoms with van der Waals surface area (Å²) in [6.07, 6.45) is 0. The number of nitrogens with two attached hydrogens (primary N) is 1. The minimum atomic E-state index is -3.51. The van der Waals surface area contributed by atoms with E-state index in [0.717, 1.165) is 0 Å². The van der Waals surface area contributed by atoms with Gasteiger partial charge in [0.15, 0.2) is 0 Å².